The molecule has 3 heteroatoms. The Balaban J connectivity index is 1.69. The molecule has 1 aliphatic carbocycles. The molecule has 2 N–H and O–H groups in total. The molecule has 86 valence electrons. The molecule has 3 unspecified atom stereocenters. The molecule has 0 amide bonds. The number of fused-ring (bicyclic) bond motifs is 1. The summed E-state index contributed by atoms with van der Waals surface area (Å²) in [5.41, 5.74) is 0. The van der Waals surface area contributed by atoms with Crippen molar-refractivity contribution in [2.45, 2.75) is 50.2 Å². The van der Waals surface area contributed by atoms with Gasteiger partial charge in [-0.25, -0.2) is 0 Å². The first-order valence-corrected chi connectivity index (χ1v) is 6.66. The van der Waals surface area contributed by atoms with Crippen molar-refractivity contribution in [2.24, 2.45) is 0 Å². The topological polar surface area (TPSA) is 27.3 Å². The van der Waals surface area contributed by atoms with E-state index in [-0.39, 0.29) is 0 Å². The molecular formula is C12H23N3. The van der Waals surface area contributed by atoms with Crippen molar-refractivity contribution in [3.8, 4) is 0 Å². The predicted octanol–water partition coefficient (Wildman–Crippen LogP) is 0.565. The fourth-order valence-corrected chi connectivity index (χ4v) is 3.66. The second-order valence-electron chi connectivity index (χ2n) is 5.28. The minimum absolute atomic E-state index is 0.727. The van der Waals surface area contributed by atoms with Crippen LogP contribution in [0.25, 0.3) is 0 Å². The van der Waals surface area contributed by atoms with Crippen molar-refractivity contribution >= 4 is 0 Å². The van der Waals surface area contributed by atoms with Gasteiger partial charge in [-0.2, -0.15) is 0 Å². The molecule has 2 aliphatic heterocycles. The zero-order valence-corrected chi connectivity index (χ0v) is 9.54. The molecule has 3 aliphatic rings. The largest absolute Gasteiger partial charge is 0.311 e. The van der Waals surface area contributed by atoms with Gasteiger partial charge in [-0.3, -0.25) is 4.90 Å². The Morgan fingerprint density at radius 2 is 1.67 bits per heavy atom. The number of likely N-dealkylation sites (tertiary alicyclic amines) is 1. The maximum absolute atomic E-state index is 3.74. The molecule has 3 rings (SSSR count). The van der Waals surface area contributed by atoms with Gasteiger partial charge < -0.3 is 10.6 Å². The van der Waals surface area contributed by atoms with Crippen LogP contribution in [0.3, 0.4) is 0 Å². The molecule has 0 bridgehead atoms. The zero-order valence-electron chi connectivity index (χ0n) is 9.54. The molecule has 3 fully saturated rings. The van der Waals surface area contributed by atoms with Crippen LogP contribution in [0.2, 0.25) is 0 Å². The Bertz CT molecular complexity index is 211. The lowest BCUT2D eigenvalue weighted by Gasteiger charge is -2.46. The first-order chi connectivity index (χ1) is 7.45. The molecule has 2 saturated heterocycles. The van der Waals surface area contributed by atoms with E-state index in [1.807, 2.05) is 0 Å². The summed E-state index contributed by atoms with van der Waals surface area (Å²) < 4.78 is 0. The summed E-state index contributed by atoms with van der Waals surface area (Å²) >= 11 is 0. The van der Waals surface area contributed by atoms with Gasteiger partial charge in [0.05, 0.1) is 0 Å². The van der Waals surface area contributed by atoms with Crippen molar-refractivity contribution in [3.63, 3.8) is 0 Å². The molecule has 2 heterocycles. The molecule has 15 heavy (non-hydrogen) atoms. The number of rotatable bonds is 1. The number of nitrogens with zero attached hydrogens (tertiary/aromatic N) is 1. The van der Waals surface area contributed by atoms with Gasteiger partial charge in [0, 0.05) is 31.2 Å². The van der Waals surface area contributed by atoms with Gasteiger partial charge in [0.15, 0.2) is 0 Å². The van der Waals surface area contributed by atoms with Crippen LogP contribution in [0.15, 0.2) is 0 Å². The average molecular weight is 209 g/mol. The van der Waals surface area contributed by atoms with Gasteiger partial charge in [0.25, 0.3) is 0 Å². The first-order valence-electron chi connectivity index (χ1n) is 6.66. The van der Waals surface area contributed by atoms with Crippen molar-refractivity contribution in [3.05, 3.63) is 0 Å². The van der Waals surface area contributed by atoms with E-state index >= 15 is 0 Å². The third-order valence-electron chi connectivity index (χ3n) is 4.38. The van der Waals surface area contributed by atoms with Crippen molar-refractivity contribution in [1.82, 2.24) is 15.5 Å². The highest BCUT2D eigenvalue weighted by Gasteiger charge is 2.38. The van der Waals surface area contributed by atoms with E-state index in [9.17, 15) is 0 Å². The lowest BCUT2D eigenvalue weighted by molar-refractivity contribution is 0.109. The van der Waals surface area contributed by atoms with Gasteiger partial charge in [-0.05, 0) is 38.8 Å². The molecule has 0 radical (unpaired) electrons. The summed E-state index contributed by atoms with van der Waals surface area (Å²) in [7, 11) is 0. The molecule has 0 aromatic carbocycles. The number of hydrogen-bond acceptors (Lipinski definition) is 3. The lowest BCUT2D eigenvalue weighted by Crippen LogP contribution is -2.65. The maximum Gasteiger partial charge on any atom is 0.0378 e. The highest BCUT2D eigenvalue weighted by Crippen LogP contribution is 2.27. The fraction of sp³-hybridized carbons (Fsp3) is 1.00. The summed E-state index contributed by atoms with van der Waals surface area (Å²) in [5.74, 6) is 0. The number of piperazine rings is 1. The zero-order chi connectivity index (χ0) is 10.1. The molecule has 3 nitrogen and oxygen atoms in total. The Morgan fingerprint density at radius 3 is 2.53 bits per heavy atom. The third-order valence-corrected chi connectivity index (χ3v) is 4.38. The van der Waals surface area contributed by atoms with Gasteiger partial charge in [-0.1, -0.05) is 6.42 Å². The maximum atomic E-state index is 3.74. The summed E-state index contributed by atoms with van der Waals surface area (Å²) in [6.45, 7) is 5.00. The average Bonchev–Trinajstić information content (AvgIpc) is 2.82. The van der Waals surface area contributed by atoms with E-state index in [1.54, 1.807) is 0 Å². The van der Waals surface area contributed by atoms with E-state index in [2.05, 4.69) is 15.5 Å². The highest BCUT2D eigenvalue weighted by molar-refractivity contribution is 4.99. The second-order valence-corrected chi connectivity index (χ2v) is 5.28. The normalized spacial score (nSPS) is 42.8. The number of nitrogens with one attached hydrogen (secondary N) is 2. The van der Waals surface area contributed by atoms with Crippen LogP contribution in [0, 0.1) is 0 Å². The molecule has 0 aromatic rings. The Labute approximate surface area is 92.6 Å². The van der Waals surface area contributed by atoms with Crippen molar-refractivity contribution < 1.29 is 0 Å². The molecule has 1 saturated carbocycles. The van der Waals surface area contributed by atoms with E-state index < -0.39 is 0 Å². The minimum Gasteiger partial charge on any atom is -0.311 e. The van der Waals surface area contributed by atoms with Gasteiger partial charge >= 0.3 is 0 Å². The van der Waals surface area contributed by atoms with E-state index in [1.165, 1.54) is 45.2 Å². The third kappa shape index (κ3) is 1.93. The summed E-state index contributed by atoms with van der Waals surface area (Å²) in [6.07, 6.45) is 7.04. The standard InChI is InChI=1S/C12H23N3/c1-2-9-15(8-1)11-5-3-4-10-12(11)14-7-6-13-10/h10-14H,1-9H2. The van der Waals surface area contributed by atoms with Gasteiger partial charge in [0.1, 0.15) is 0 Å². The Kier molecular flexibility index (Phi) is 2.95. The number of hydrogen-bond donors (Lipinski definition) is 2. The SMILES string of the molecule is C1CC2NCCNC2C(N2CCCC2)C1. The van der Waals surface area contributed by atoms with E-state index in [0.29, 0.717) is 0 Å². The summed E-state index contributed by atoms with van der Waals surface area (Å²) in [4.78, 5) is 2.73. The quantitative estimate of drug-likeness (QED) is 0.661. The molecule has 0 spiro atoms. The smallest absolute Gasteiger partial charge is 0.0378 e. The monoisotopic (exact) mass is 209 g/mol. The van der Waals surface area contributed by atoms with Crippen LogP contribution < -0.4 is 10.6 Å². The van der Waals surface area contributed by atoms with Crippen LogP contribution in [0.1, 0.15) is 32.1 Å². The molecule has 0 aromatic heterocycles. The van der Waals surface area contributed by atoms with Crippen LogP contribution in [0.4, 0.5) is 0 Å². The fourth-order valence-electron chi connectivity index (χ4n) is 3.66. The van der Waals surface area contributed by atoms with Crippen LogP contribution in [-0.4, -0.2) is 49.2 Å². The lowest BCUT2D eigenvalue weighted by atomic mass is 9.84. The van der Waals surface area contributed by atoms with Crippen LogP contribution >= 0.6 is 0 Å². The Hall–Kier alpha value is -0.120. The first kappa shape index (κ1) is 10.1. The summed E-state index contributed by atoms with van der Waals surface area (Å²) in [5, 5.41) is 7.43. The second kappa shape index (κ2) is 4.40. The minimum atomic E-state index is 0.727. The van der Waals surface area contributed by atoms with Gasteiger partial charge in [0.2, 0.25) is 0 Å². The van der Waals surface area contributed by atoms with E-state index in [0.717, 1.165) is 31.2 Å². The van der Waals surface area contributed by atoms with Crippen LogP contribution in [0.5, 0.6) is 0 Å². The predicted molar refractivity (Wildman–Crippen MR) is 62.0 cm³/mol. The molecular weight excluding hydrogens is 186 g/mol. The van der Waals surface area contributed by atoms with E-state index in [4.69, 9.17) is 0 Å². The Morgan fingerprint density at radius 1 is 0.867 bits per heavy atom. The summed E-state index contributed by atoms with van der Waals surface area (Å²) in [6, 6.07) is 2.29. The highest BCUT2D eigenvalue weighted by atomic mass is 15.2. The molecule has 3 atom stereocenters. The van der Waals surface area contributed by atoms with Gasteiger partial charge in [-0.15, -0.1) is 0 Å². The van der Waals surface area contributed by atoms with Crippen molar-refractivity contribution in [1.29, 1.82) is 0 Å². The van der Waals surface area contributed by atoms with Crippen LogP contribution in [-0.2, 0) is 0 Å². The van der Waals surface area contributed by atoms with Crippen molar-refractivity contribution in [2.75, 3.05) is 26.2 Å².